The highest BCUT2D eigenvalue weighted by atomic mass is 16.2. The van der Waals surface area contributed by atoms with Crippen LogP contribution in [0.15, 0.2) is 0 Å². The number of amides is 3. The zero-order chi connectivity index (χ0) is 14.0. The second-order valence-electron chi connectivity index (χ2n) is 5.44. The molecule has 1 aliphatic carbocycles. The molecule has 3 atom stereocenters. The highest BCUT2D eigenvalue weighted by Crippen LogP contribution is 2.34. The lowest BCUT2D eigenvalue weighted by Gasteiger charge is -2.32. The van der Waals surface area contributed by atoms with Gasteiger partial charge in [0.1, 0.15) is 5.78 Å². The third-order valence-electron chi connectivity index (χ3n) is 4.28. The van der Waals surface area contributed by atoms with Crippen LogP contribution < -0.4 is 11.1 Å². The van der Waals surface area contributed by atoms with Gasteiger partial charge in [0.25, 0.3) is 0 Å². The van der Waals surface area contributed by atoms with Crippen LogP contribution in [0.2, 0.25) is 0 Å². The van der Waals surface area contributed by atoms with Crippen LogP contribution >= 0.6 is 0 Å². The van der Waals surface area contributed by atoms with Gasteiger partial charge in [-0.3, -0.25) is 19.8 Å². The monoisotopic (exact) mass is 267 g/mol. The minimum atomic E-state index is -0.829. The lowest BCUT2D eigenvalue weighted by Crippen LogP contribution is -2.51. The maximum absolute atomic E-state index is 11.9. The molecule has 0 aromatic rings. The first-order valence-corrected chi connectivity index (χ1v) is 6.89. The Bertz CT molecular complexity index is 397. The molecular weight excluding hydrogens is 246 g/mol. The first kappa shape index (κ1) is 14.0. The summed E-state index contributed by atoms with van der Waals surface area (Å²) in [6.45, 7) is 2.55. The lowest BCUT2D eigenvalue weighted by atomic mass is 9.94. The fourth-order valence-electron chi connectivity index (χ4n) is 3.35. The van der Waals surface area contributed by atoms with Gasteiger partial charge in [0.15, 0.2) is 0 Å². The molecule has 0 aromatic carbocycles. The summed E-state index contributed by atoms with van der Waals surface area (Å²) in [5, 5.41) is 2.12. The number of nitrogens with two attached hydrogens (primary N) is 1. The van der Waals surface area contributed by atoms with Crippen molar-refractivity contribution in [3.05, 3.63) is 0 Å². The third-order valence-corrected chi connectivity index (χ3v) is 4.28. The van der Waals surface area contributed by atoms with Crippen LogP contribution in [0.5, 0.6) is 0 Å². The van der Waals surface area contributed by atoms with Crippen LogP contribution in [-0.2, 0) is 9.59 Å². The smallest absolute Gasteiger partial charge is 0.318 e. The Morgan fingerprint density at radius 1 is 1.37 bits per heavy atom. The predicted molar refractivity (Wildman–Crippen MR) is 69.3 cm³/mol. The van der Waals surface area contributed by atoms with Crippen molar-refractivity contribution in [2.75, 3.05) is 6.54 Å². The fraction of sp³-hybridized carbons (Fsp3) is 0.769. The van der Waals surface area contributed by atoms with Gasteiger partial charge in [-0.15, -0.1) is 0 Å². The maximum atomic E-state index is 11.9. The van der Waals surface area contributed by atoms with Crippen LogP contribution in [0.25, 0.3) is 0 Å². The molecule has 0 radical (unpaired) electrons. The molecule has 2 aliphatic rings. The highest BCUT2D eigenvalue weighted by Gasteiger charge is 2.41. The number of carbonyl (C=O) groups excluding carboxylic acids is 3. The number of primary amides is 1. The van der Waals surface area contributed by atoms with Crippen LogP contribution in [0, 0.1) is 5.92 Å². The molecule has 1 heterocycles. The average Bonchev–Trinajstić information content (AvgIpc) is 2.94. The van der Waals surface area contributed by atoms with Crippen molar-refractivity contribution in [1.29, 1.82) is 0 Å². The second-order valence-corrected chi connectivity index (χ2v) is 5.44. The quantitative estimate of drug-likeness (QED) is 0.774. The number of likely N-dealkylation sites (tertiary alicyclic amines) is 1. The minimum absolute atomic E-state index is 0.0614. The first-order chi connectivity index (χ1) is 9.00. The second kappa shape index (κ2) is 5.69. The molecule has 0 aromatic heterocycles. The van der Waals surface area contributed by atoms with Crippen molar-refractivity contribution < 1.29 is 14.4 Å². The summed E-state index contributed by atoms with van der Waals surface area (Å²) in [6, 6.07) is -1.11. The van der Waals surface area contributed by atoms with E-state index in [9.17, 15) is 14.4 Å². The number of Topliss-reactive ketones (excluding diaryl/α,β-unsaturated/α-hetero) is 1. The summed E-state index contributed by atoms with van der Waals surface area (Å²) in [5.74, 6) is -0.00409. The summed E-state index contributed by atoms with van der Waals surface area (Å²) in [4.78, 5) is 36.5. The number of carbonyl (C=O) groups is 3. The molecule has 0 spiro atoms. The van der Waals surface area contributed by atoms with Gasteiger partial charge in [0, 0.05) is 18.4 Å². The Morgan fingerprint density at radius 3 is 2.68 bits per heavy atom. The summed E-state index contributed by atoms with van der Waals surface area (Å²) in [7, 11) is 0. The number of imide groups is 1. The van der Waals surface area contributed by atoms with Crippen molar-refractivity contribution >= 4 is 17.7 Å². The van der Waals surface area contributed by atoms with Crippen molar-refractivity contribution in [2.45, 2.75) is 51.1 Å². The zero-order valence-corrected chi connectivity index (χ0v) is 11.2. The van der Waals surface area contributed by atoms with Crippen LogP contribution in [0.4, 0.5) is 4.79 Å². The molecule has 2 fully saturated rings. The van der Waals surface area contributed by atoms with E-state index >= 15 is 0 Å². The van der Waals surface area contributed by atoms with Crippen LogP contribution in [-0.4, -0.2) is 41.2 Å². The molecule has 3 N–H and O–H groups in total. The SMILES string of the molecule is CC(C(=O)NC(N)=O)N1CCCC1C1CCCC1=O. The molecular formula is C13H21N3O3. The number of rotatable bonds is 3. The van der Waals surface area contributed by atoms with E-state index in [-0.39, 0.29) is 17.9 Å². The Labute approximate surface area is 112 Å². The van der Waals surface area contributed by atoms with Crippen molar-refractivity contribution in [3.8, 4) is 0 Å². The maximum Gasteiger partial charge on any atom is 0.318 e. The predicted octanol–water partition coefficient (Wildman–Crippen LogP) is 0.403. The normalized spacial score (nSPS) is 29.4. The van der Waals surface area contributed by atoms with Gasteiger partial charge < -0.3 is 5.73 Å². The van der Waals surface area contributed by atoms with Crippen LogP contribution in [0.3, 0.4) is 0 Å². The first-order valence-electron chi connectivity index (χ1n) is 6.89. The molecule has 1 aliphatic heterocycles. The fourth-order valence-corrected chi connectivity index (χ4v) is 3.35. The van der Waals surface area contributed by atoms with Crippen LogP contribution in [0.1, 0.15) is 39.0 Å². The molecule has 6 nitrogen and oxygen atoms in total. The Balaban J connectivity index is 2.03. The van der Waals surface area contributed by atoms with Crippen molar-refractivity contribution in [3.63, 3.8) is 0 Å². The number of urea groups is 1. The minimum Gasteiger partial charge on any atom is -0.351 e. The number of nitrogens with one attached hydrogen (secondary N) is 1. The largest absolute Gasteiger partial charge is 0.351 e. The van der Waals surface area contributed by atoms with E-state index in [4.69, 9.17) is 5.73 Å². The van der Waals surface area contributed by atoms with Crippen molar-refractivity contribution in [1.82, 2.24) is 10.2 Å². The summed E-state index contributed by atoms with van der Waals surface area (Å²) < 4.78 is 0. The van der Waals surface area contributed by atoms with Gasteiger partial charge in [-0.1, -0.05) is 0 Å². The van der Waals surface area contributed by atoms with E-state index in [0.29, 0.717) is 12.2 Å². The molecule has 1 saturated heterocycles. The Kier molecular flexibility index (Phi) is 4.19. The average molecular weight is 267 g/mol. The van der Waals surface area contributed by atoms with E-state index in [2.05, 4.69) is 5.32 Å². The summed E-state index contributed by atoms with van der Waals surface area (Å²) in [5.41, 5.74) is 4.97. The topological polar surface area (TPSA) is 92.5 Å². The molecule has 3 amide bonds. The molecule has 6 heteroatoms. The Hall–Kier alpha value is -1.43. The molecule has 106 valence electrons. The number of hydrogen-bond donors (Lipinski definition) is 2. The molecule has 0 bridgehead atoms. The number of nitrogens with zero attached hydrogens (tertiary/aromatic N) is 1. The van der Waals surface area contributed by atoms with E-state index in [0.717, 1.165) is 32.2 Å². The van der Waals surface area contributed by atoms with Gasteiger partial charge in [-0.2, -0.15) is 0 Å². The van der Waals surface area contributed by atoms with Gasteiger partial charge >= 0.3 is 6.03 Å². The molecule has 19 heavy (non-hydrogen) atoms. The molecule has 1 saturated carbocycles. The third kappa shape index (κ3) is 2.94. The molecule has 3 unspecified atom stereocenters. The van der Waals surface area contributed by atoms with Crippen molar-refractivity contribution in [2.24, 2.45) is 11.7 Å². The standard InChI is InChI=1S/C13H21N3O3/c1-8(12(18)15-13(14)19)16-7-3-5-10(16)9-4-2-6-11(9)17/h8-10H,2-7H2,1H3,(H3,14,15,18,19). The number of hydrogen-bond acceptors (Lipinski definition) is 4. The molecule has 2 rings (SSSR count). The van der Waals surface area contributed by atoms with E-state index in [1.807, 2.05) is 4.90 Å². The summed E-state index contributed by atoms with van der Waals surface area (Å²) in [6.07, 6.45) is 4.48. The van der Waals surface area contributed by atoms with Gasteiger partial charge in [0.2, 0.25) is 5.91 Å². The van der Waals surface area contributed by atoms with E-state index < -0.39 is 12.1 Å². The summed E-state index contributed by atoms with van der Waals surface area (Å²) >= 11 is 0. The number of ketones is 1. The van der Waals surface area contributed by atoms with Gasteiger partial charge in [-0.25, -0.2) is 4.79 Å². The van der Waals surface area contributed by atoms with E-state index in [1.165, 1.54) is 0 Å². The Morgan fingerprint density at radius 2 is 2.11 bits per heavy atom. The zero-order valence-electron chi connectivity index (χ0n) is 11.2. The van der Waals surface area contributed by atoms with Gasteiger partial charge in [-0.05, 0) is 39.2 Å². The highest BCUT2D eigenvalue weighted by molar-refractivity contribution is 5.96. The van der Waals surface area contributed by atoms with Gasteiger partial charge in [0.05, 0.1) is 6.04 Å². The lowest BCUT2D eigenvalue weighted by molar-refractivity contribution is -0.128. The van der Waals surface area contributed by atoms with E-state index in [1.54, 1.807) is 6.92 Å².